The van der Waals surface area contributed by atoms with Crippen LogP contribution in [0.25, 0.3) is 0 Å². The highest BCUT2D eigenvalue weighted by atomic mass is 19.1. The number of hydrogen-bond donors (Lipinski definition) is 1. The molecule has 0 spiro atoms. The zero-order chi connectivity index (χ0) is 23.9. The van der Waals surface area contributed by atoms with Crippen LogP contribution in [0.5, 0.6) is 5.88 Å². The Morgan fingerprint density at radius 3 is 2.65 bits per heavy atom. The molecule has 3 heterocycles. The van der Waals surface area contributed by atoms with Crippen molar-refractivity contribution < 1.29 is 27.8 Å². The lowest BCUT2D eigenvalue weighted by Gasteiger charge is -2.46. The van der Waals surface area contributed by atoms with E-state index in [-0.39, 0.29) is 40.9 Å². The van der Waals surface area contributed by atoms with Crippen LogP contribution in [0, 0.1) is 35.8 Å². The largest absolute Gasteiger partial charge is 0.471 e. The van der Waals surface area contributed by atoms with Crippen LogP contribution in [0.15, 0.2) is 24.5 Å². The number of benzene rings is 1. The van der Waals surface area contributed by atoms with E-state index < -0.39 is 17.7 Å². The third kappa shape index (κ3) is 4.48. The first kappa shape index (κ1) is 22.3. The van der Waals surface area contributed by atoms with Gasteiger partial charge in [0.05, 0.1) is 18.9 Å². The molecular weight excluding hydrogens is 446 g/mol. The first-order chi connectivity index (χ1) is 16.3. The number of nitrogens with one attached hydrogen (secondary N) is 1. The summed E-state index contributed by atoms with van der Waals surface area (Å²) in [5.74, 6) is 0.0368. The zero-order valence-electron chi connectivity index (χ0n) is 18.6. The van der Waals surface area contributed by atoms with Crippen molar-refractivity contribution in [1.82, 2.24) is 14.9 Å². The van der Waals surface area contributed by atoms with Crippen LogP contribution in [0.3, 0.4) is 0 Å². The van der Waals surface area contributed by atoms with Gasteiger partial charge in [0.15, 0.2) is 5.82 Å². The number of anilines is 2. The van der Waals surface area contributed by atoms with Crippen molar-refractivity contribution in [3.05, 3.63) is 41.7 Å². The molecule has 1 amide bonds. The topological polar surface area (TPSA) is 85.8 Å². The Hall–Kier alpha value is -3.45. The number of halogens is 2. The molecule has 5 rings (SSSR count). The fourth-order valence-corrected chi connectivity index (χ4v) is 4.28. The Morgan fingerprint density at radius 2 is 2.00 bits per heavy atom. The van der Waals surface area contributed by atoms with Crippen molar-refractivity contribution in [2.45, 2.75) is 31.5 Å². The molecule has 2 aromatic rings. The minimum Gasteiger partial charge on any atom is -0.471 e. The summed E-state index contributed by atoms with van der Waals surface area (Å²) >= 11 is 0. The maximum absolute atomic E-state index is 15.2. The molecule has 3 aliphatic rings. The Bertz CT molecular complexity index is 1140. The number of fused-ring (bicyclic) bond motifs is 2. The van der Waals surface area contributed by atoms with E-state index >= 15 is 4.39 Å². The Labute approximate surface area is 195 Å². The van der Waals surface area contributed by atoms with Crippen molar-refractivity contribution in [2.24, 2.45) is 11.8 Å². The zero-order valence-corrected chi connectivity index (χ0v) is 18.6. The van der Waals surface area contributed by atoms with E-state index in [0.29, 0.717) is 31.9 Å². The lowest BCUT2D eigenvalue weighted by atomic mass is 9.84. The van der Waals surface area contributed by atoms with Crippen LogP contribution in [-0.2, 0) is 9.47 Å². The Morgan fingerprint density at radius 1 is 1.26 bits per heavy atom. The fraction of sp³-hybridized carbons (Fsp3) is 0.458. The van der Waals surface area contributed by atoms with Gasteiger partial charge < -0.3 is 24.4 Å². The summed E-state index contributed by atoms with van der Waals surface area (Å²) in [5, 5.41) is 2.63. The van der Waals surface area contributed by atoms with Gasteiger partial charge in [0.1, 0.15) is 23.8 Å². The number of terminal acetylenes is 1. The lowest BCUT2D eigenvalue weighted by Crippen LogP contribution is -2.59. The van der Waals surface area contributed by atoms with E-state index in [1.165, 1.54) is 18.2 Å². The molecule has 34 heavy (non-hydrogen) atoms. The molecule has 1 N–H and O–H groups in total. The van der Waals surface area contributed by atoms with Gasteiger partial charge in [0.25, 0.3) is 5.88 Å². The van der Waals surface area contributed by atoms with Crippen molar-refractivity contribution >= 4 is 17.6 Å². The SMILES string of the molecule is C#Cc1ccc(Nc2ncnc(OC3C4COCC3CN(C(=O)OC3(C)CC3)C4)c2F)c(F)c1. The second kappa shape index (κ2) is 8.72. The lowest BCUT2D eigenvalue weighted by molar-refractivity contribution is -0.112. The molecule has 2 bridgehead atoms. The molecule has 2 aliphatic heterocycles. The number of aromatic nitrogens is 2. The van der Waals surface area contributed by atoms with Crippen LogP contribution in [-0.4, -0.2) is 59.0 Å². The van der Waals surface area contributed by atoms with Gasteiger partial charge in [-0.15, -0.1) is 6.42 Å². The van der Waals surface area contributed by atoms with E-state index in [0.717, 1.165) is 19.2 Å². The third-order valence-corrected chi connectivity index (χ3v) is 6.44. The summed E-state index contributed by atoms with van der Waals surface area (Å²) in [5.41, 5.74) is 0.0268. The summed E-state index contributed by atoms with van der Waals surface area (Å²) in [6, 6.07) is 4.11. The van der Waals surface area contributed by atoms with Gasteiger partial charge in [-0.25, -0.2) is 14.2 Å². The quantitative estimate of drug-likeness (QED) is 0.670. The first-order valence-corrected chi connectivity index (χ1v) is 11.1. The van der Waals surface area contributed by atoms with Crippen LogP contribution < -0.4 is 10.1 Å². The highest BCUT2D eigenvalue weighted by Crippen LogP contribution is 2.40. The van der Waals surface area contributed by atoms with E-state index in [1.54, 1.807) is 4.90 Å². The number of likely N-dealkylation sites (tertiary alicyclic amines) is 1. The van der Waals surface area contributed by atoms with Gasteiger partial charge in [-0.2, -0.15) is 9.37 Å². The highest BCUT2D eigenvalue weighted by Gasteiger charge is 2.47. The molecule has 2 unspecified atom stereocenters. The number of ether oxygens (including phenoxy) is 3. The Balaban J connectivity index is 1.30. The van der Waals surface area contributed by atoms with Crippen LogP contribution in [0.2, 0.25) is 0 Å². The van der Waals surface area contributed by atoms with Crippen LogP contribution in [0.1, 0.15) is 25.3 Å². The number of carbonyl (C=O) groups excluding carboxylic acids is 1. The summed E-state index contributed by atoms with van der Waals surface area (Å²) in [6.07, 6.45) is 7.42. The van der Waals surface area contributed by atoms with Crippen molar-refractivity contribution in [1.29, 1.82) is 0 Å². The van der Waals surface area contributed by atoms with E-state index in [9.17, 15) is 9.18 Å². The normalized spacial score (nSPS) is 24.6. The molecule has 1 aromatic carbocycles. The summed E-state index contributed by atoms with van der Waals surface area (Å²) in [6.45, 7) is 3.41. The molecule has 2 saturated heterocycles. The molecule has 8 nitrogen and oxygen atoms in total. The standard InChI is InChI=1S/C24H24F2N4O4/c1-3-14-4-5-18(17(25)8-14)29-21-19(26)22(28-13-27-21)33-20-15-9-30(10-16(20)12-32-11-15)23(31)34-24(2)6-7-24/h1,4-5,8,13,15-16,20H,6-7,9-12H2,2H3,(H,27,28,29). The average molecular weight is 470 g/mol. The fourth-order valence-electron chi connectivity index (χ4n) is 4.28. The average Bonchev–Trinajstić information content (AvgIpc) is 3.53. The van der Waals surface area contributed by atoms with Gasteiger partial charge in [-0.05, 0) is 38.0 Å². The van der Waals surface area contributed by atoms with E-state index in [1.807, 2.05) is 6.92 Å². The van der Waals surface area contributed by atoms with E-state index in [2.05, 4.69) is 21.2 Å². The van der Waals surface area contributed by atoms with Crippen molar-refractivity contribution in [2.75, 3.05) is 31.6 Å². The maximum Gasteiger partial charge on any atom is 0.410 e. The van der Waals surface area contributed by atoms with Crippen molar-refractivity contribution in [3.63, 3.8) is 0 Å². The maximum atomic E-state index is 15.2. The van der Waals surface area contributed by atoms with Crippen molar-refractivity contribution in [3.8, 4) is 18.2 Å². The van der Waals surface area contributed by atoms with Crippen LogP contribution >= 0.6 is 0 Å². The predicted octanol–water partition coefficient (Wildman–Crippen LogP) is 3.49. The summed E-state index contributed by atoms with van der Waals surface area (Å²) in [7, 11) is 0. The number of amides is 1. The second-order valence-electron chi connectivity index (χ2n) is 9.17. The number of hydrogen-bond acceptors (Lipinski definition) is 7. The van der Waals surface area contributed by atoms with Crippen LogP contribution in [0.4, 0.5) is 25.1 Å². The second-order valence-corrected chi connectivity index (χ2v) is 9.17. The van der Waals surface area contributed by atoms with Gasteiger partial charge in [-0.1, -0.05) is 5.92 Å². The minimum atomic E-state index is -0.842. The summed E-state index contributed by atoms with van der Waals surface area (Å²) in [4.78, 5) is 22.1. The molecule has 1 aliphatic carbocycles. The number of piperidine rings is 1. The number of rotatable bonds is 5. The number of carbonyl (C=O) groups is 1. The molecule has 2 atom stereocenters. The molecule has 1 saturated carbocycles. The molecule has 0 radical (unpaired) electrons. The smallest absolute Gasteiger partial charge is 0.410 e. The van der Waals surface area contributed by atoms with Gasteiger partial charge in [-0.3, -0.25) is 0 Å². The molecule has 1 aromatic heterocycles. The predicted molar refractivity (Wildman–Crippen MR) is 118 cm³/mol. The highest BCUT2D eigenvalue weighted by molar-refractivity contribution is 5.68. The number of nitrogens with zero attached hydrogens (tertiary/aromatic N) is 3. The monoisotopic (exact) mass is 470 g/mol. The van der Waals surface area contributed by atoms with Gasteiger partial charge in [0.2, 0.25) is 5.82 Å². The van der Waals surface area contributed by atoms with Gasteiger partial charge >= 0.3 is 6.09 Å². The summed E-state index contributed by atoms with van der Waals surface area (Å²) < 4.78 is 46.7. The minimum absolute atomic E-state index is 0.0176. The molecule has 10 heteroatoms. The van der Waals surface area contributed by atoms with Gasteiger partial charge in [0, 0.05) is 30.5 Å². The molecule has 178 valence electrons. The van der Waals surface area contributed by atoms with E-state index in [4.69, 9.17) is 20.6 Å². The molecular formula is C24H24F2N4O4. The molecule has 3 fully saturated rings. The third-order valence-electron chi connectivity index (χ3n) is 6.44. The first-order valence-electron chi connectivity index (χ1n) is 11.1. The Kier molecular flexibility index (Phi) is 5.73.